The average Bonchev–Trinajstić information content (AvgIpc) is 3.17. The number of anilines is 2. The number of alkyl halides is 3. The van der Waals surface area contributed by atoms with Crippen LogP contribution in [0.1, 0.15) is 26.3 Å². The summed E-state index contributed by atoms with van der Waals surface area (Å²) in [7, 11) is 0. The van der Waals surface area contributed by atoms with E-state index in [1.807, 2.05) is 0 Å². The molecule has 0 aliphatic carbocycles. The largest absolute Gasteiger partial charge is 0.418 e. The highest BCUT2D eigenvalue weighted by atomic mass is 32.1. The van der Waals surface area contributed by atoms with Crippen LogP contribution >= 0.6 is 11.3 Å². The standard InChI is InChI=1S/C19H12F4N2O2S/c20-13-3-1-11(2-4-13)17(26)24-14-5-6-16(15(9-14)19(21,22)23)25-18(27)12-7-8-28-10-12/h1-10H,(H,24,26)(H,25,27). The fourth-order valence-corrected chi connectivity index (χ4v) is 2.99. The smallest absolute Gasteiger partial charge is 0.322 e. The summed E-state index contributed by atoms with van der Waals surface area (Å²) >= 11 is 1.24. The predicted molar refractivity (Wildman–Crippen MR) is 98.1 cm³/mol. The Morgan fingerprint density at radius 2 is 1.54 bits per heavy atom. The highest BCUT2D eigenvalue weighted by molar-refractivity contribution is 7.08. The summed E-state index contributed by atoms with van der Waals surface area (Å²) in [4.78, 5) is 24.2. The highest BCUT2D eigenvalue weighted by Gasteiger charge is 2.34. The van der Waals surface area contributed by atoms with E-state index in [9.17, 15) is 27.2 Å². The van der Waals surface area contributed by atoms with Crippen LogP contribution < -0.4 is 10.6 Å². The van der Waals surface area contributed by atoms with Gasteiger partial charge in [-0.25, -0.2) is 4.39 Å². The fourth-order valence-electron chi connectivity index (χ4n) is 2.36. The van der Waals surface area contributed by atoms with Crippen molar-refractivity contribution >= 4 is 34.5 Å². The van der Waals surface area contributed by atoms with Gasteiger partial charge in [-0.2, -0.15) is 24.5 Å². The Labute approximate surface area is 160 Å². The van der Waals surface area contributed by atoms with Gasteiger partial charge in [-0.05, 0) is 53.9 Å². The molecule has 3 aromatic rings. The molecule has 0 aliphatic rings. The van der Waals surface area contributed by atoms with Gasteiger partial charge in [0.15, 0.2) is 0 Å². The molecule has 28 heavy (non-hydrogen) atoms. The Kier molecular flexibility index (Phi) is 5.46. The van der Waals surface area contributed by atoms with Crippen LogP contribution in [0.2, 0.25) is 0 Å². The molecule has 2 aromatic carbocycles. The van der Waals surface area contributed by atoms with E-state index in [1.165, 1.54) is 41.0 Å². The van der Waals surface area contributed by atoms with Gasteiger partial charge >= 0.3 is 6.18 Å². The first-order valence-corrected chi connectivity index (χ1v) is 8.80. The van der Waals surface area contributed by atoms with Gasteiger partial charge in [-0.15, -0.1) is 0 Å². The molecule has 0 aliphatic heterocycles. The number of carbonyl (C=O) groups excluding carboxylic acids is 2. The third kappa shape index (κ3) is 4.55. The number of thiophene rings is 1. The molecule has 144 valence electrons. The Balaban J connectivity index is 1.85. The predicted octanol–water partition coefficient (Wildman–Crippen LogP) is 5.41. The number of carbonyl (C=O) groups is 2. The summed E-state index contributed by atoms with van der Waals surface area (Å²) in [6, 6.07) is 9.08. The van der Waals surface area contributed by atoms with Crippen molar-refractivity contribution in [3.05, 3.63) is 81.8 Å². The van der Waals surface area contributed by atoms with Crippen LogP contribution in [0.3, 0.4) is 0 Å². The van der Waals surface area contributed by atoms with Crippen LogP contribution in [0.5, 0.6) is 0 Å². The monoisotopic (exact) mass is 408 g/mol. The molecule has 3 rings (SSSR count). The maximum absolute atomic E-state index is 13.4. The van der Waals surface area contributed by atoms with Crippen molar-refractivity contribution in [2.45, 2.75) is 6.18 Å². The molecule has 0 saturated heterocycles. The molecule has 0 spiro atoms. The van der Waals surface area contributed by atoms with Crippen LogP contribution in [-0.4, -0.2) is 11.8 Å². The van der Waals surface area contributed by atoms with Crippen molar-refractivity contribution in [3.8, 4) is 0 Å². The first-order valence-electron chi connectivity index (χ1n) is 7.86. The van der Waals surface area contributed by atoms with Gasteiger partial charge in [0.2, 0.25) is 0 Å². The first kappa shape index (κ1) is 19.6. The highest BCUT2D eigenvalue weighted by Crippen LogP contribution is 2.37. The maximum atomic E-state index is 13.4. The first-order chi connectivity index (χ1) is 13.2. The molecule has 0 saturated carbocycles. The number of nitrogens with one attached hydrogen (secondary N) is 2. The zero-order valence-electron chi connectivity index (χ0n) is 14.0. The van der Waals surface area contributed by atoms with Gasteiger partial charge in [-0.3, -0.25) is 9.59 Å². The lowest BCUT2D eigenvalue weighted by Gasteiger charge is -2.15. The van der Waals surface area contributed by atoms with E-state index >= 15 is 0 Å². The lowest BCUT2D eigenvalue weighted by molar-refractivity contribution is -0.136. The summed E-state index contributed by atoms with van der Waals surface area (Å²) in [6.07, 6.45) is -4.76. The maximum Gasteiger partial charge on any atom is 0.418 e. The second kappa shape index (κ2) is 7.81. The number of amides is 2. The van der Waals surface area contributed by atoms with E-state index in [0.29, 0.717) is 0 Å². The van der Waals surface area contributed by atoms with E-state index < -0.39 is 35.1 Å². The van der Waals surface area contributed by atoms with E-state index in [0.717, 1.165) is 24.3 Å². The van der Waals surface area contributed by atoms with Crippen molar-refractivity contribution in [2.75, 3.05) is 10.6 Å². The third-order valence-electron chi connectivity index (χ3n) is 3.72. The molecule has 0 unspecified atom stereocenters. The molecular formula is C19H12F4N2O2S. The van der Waals surface area contributed by atoms with Crippen molar-refractivity contribution in [1.82, 2.24) is 0 Å². The van der Waals surface area contributed by atoms with E-state index in [4.69, 9.17) is 0 Å². The number of benzene rings is 2. The molecular weight excluding hydrogens is 396 g/mol. The minimum absolute atomic E-state index is 0.0878. The lowest BCUT2D eigenvalue weighted by Crippen LogP contribution is -2.17. The van der Waals surface area contributed by atoms with Gasteiger partial charge in [-0.1, -0.05) is 0 Å². The molecule has 4 nitrogen and oxygen atoms in total. The van der Waals surface area contributed by atoms with Crippen LogP contribution in [-0.2, 0) is 6.18 Å². The topological polar surface area (TPSA) is 58.2 Å². The quantitative estimate of drug-likeness (QED) is 0.567. The van der Waals surface area contributed by atoms with Crippen molar-refractivity contribution in [3.63, 3.8) is 0 Å². The Morgan fingerprint density at radius 1 is 0.857 bits per heavy atom. The number of halogens is 4. The average molecular weight is 408 g/mol. The molecule has 0 atom stereocenters. The lowest BCUT2D eigenvalue weighted by atomic mass is 10.1. The number of hydrogen-bond acceptors (Lipinski definition) is 3. The minimum Gasteiger partial charge on any atom is -0.322 e. The zero-order chi connectivity index (χ0) is 20.3. The van der Waals surface area contributed by atoms with Gasteiger partial charge in [0.05, 0.1) is 16.8 Å². The summed E-state index contributed by atoms with van der Waals surface area (Å²) in [5.74, 6) is -1.90. The van der Waals surface area contributed by atoms with E-state index in [2.05, 4.69) is 10.6 Å². The summed E-state index contributed by atoms with van der Waals surface area (Å²) in [5, 5.41) is 7.70. The van der Waals surface area contributed by atoms with Crippen molar-refractivity contribution < 1.29 is 27.2 Å². The van der Waals surface area contributed by atoms with Gasteiger partial charge in [0.1, 0.15) is 5.82 Å². The SMILES string of the molecule is O=C(Nc1ccc(NC(=O)c2ccsc2)c(C(F)(F)F)c1)c1ccc(F)cc1. The third-order valence-corrected chi connectivity index (χ3v) is 4.40. The van der Waals surface area contributed by atoms with Crippen LogP contribution in [0.25, 0.3) is 0 Å². The van der Waals surface area contributed by atoms with E-state index in [1.54, 1.807) is 5.38 Å². The molecule has 1 heterocycles. The fraction of sp³-hybridized carbons (Fsp3) is 0.0526. The number of hydrogen-bond donors (Lipinski definition) is 2. The second-order valence-corrected chi connectivity index (χ2v) is 6.47. The molecule has 2 N–H and O–H groups in total. The zero-order valence-corrected chi connectivity index (χ0v) is 14.8. The van der Waals surface area contributed by atoms with Gasteiger partial charge < -0.3 is 10.6 Å². The normalized spacial score (nSPS) is 11.1. The van der Waals surface area contributed by atoms with Crippen molar-refractivity contribution in [1.29, 1.82) is 0 Å². The Morgan fingerprint density at radius 3 is 2.14 bits per heavy atom. The van der Waals surface area contributed by atoms with Gasteiger partial charge in [0, 0.05) is 16.6 Å². The Bertz CT molecular complexity index is 1000. The minimum atomic E-state index is -4.76. The Hall–Kier alpha value is -3.20. The van der Waals surface area contributed by atoms with Crippen molar-refractivity contribution in [2.24, 2.45) is 0 Å². The molecule has 0 radical (unpaired) electrons. The van der Waals surface area contributed by atoms with Gasteiger partial charge in [0.25, 0.3) is 11.8 Å². The second-order valence-electron chi connectivity index (χ2n) is 5.69. The molecule has 0 fully saturated rings. The molecule has 0 bridgehead atoms. The summed E-state index contributed by atoms with van der Waals surface area (Å²) in [5.41, 5.74) is -1.32. The van der Waals surface area contributed by atoms with E-state index in [-0.39, 0.29) is 16.8 Å². The molecule has 1 aromatic heterocycles. The van der Waals surface area contributed by atoms with Crippen LogP contribution in [0.4, 0.5) is 28.9 Å². The number of rotatable bonds is 4. The van der Waals surface area contributed by atoms with Crippen LogP contribution in [0, 0.1) is 5.82 Å². The van der Waals surface area contributed by atoms with Crippen LogP contribution in [0.15, 0.2) is 59.3 Å². The summed E-state index contributed by atoms with van der Waals surface area (Å²) < 4.78 is 53.2. The summed E-state index contributed by atoms with van der Waals surface area (Å²) in [6.45, 7) is 0. The molecule has 2 amide bonds. The molecule has 9 heteroatoms.